The fourth-order valence-electron chi connectivity index (χ4n) is 2.25. The average Bonchev–Trinajstić information content (AvgIpc) is 2.43. The normalized spacial score (nSPS) is 12.2. The minimum atomic E-state index is -0.228. The van der Waals surface area contributed by atoms with Gasteiger partial charge in [-0.1, -0.05) is 26.7 Å². The highest BCUT2D eigenvalue weighted by Crippen LogP contribution is 2.21. The highest BCUT2D eigenvalue weighted by molar-refractivity contribution is 5.92. The maximum absolute atomic E-state index is 12.3. The van der Waals surface area contributed by atoms with Crippen LogP contribution in [-0.4, -0.2) is 12.1 Å². The van der Waals surface area contributed by atoms with E-state index in [9.17, 15) is 4.79 Å². The number of carbonyl (C=O) groups is 1. The molecular formula is C17H27NO2. The molecule has 0 saturated carbocycles. The number of anilines is 1. The lowest BCUT2D eigenvalue weighted by atomic mass is 10.0. The molecule has 0 fully saturated rings. The van der Waals surface area contributed by atoms with Crippen molar-refractivity contribution in [1.29, 1.82) is 0 Å². The molecule has 0 amide bonds. The smallest absolute Gasteiger partial charge is 0.338 e. The van der Waals surface area contributed by atoms with Crippen molar-refractivity contribution in [3.05, 3.63) is 28.8 Å². The molecule has 3 heteroatoms. The average molecular weight is 277 g/mol. The molecule has 0 spiro atoms. The van der Waals surface area contributed by atoms with E-state index in [1.165, 1.54) is 12.8 Å². The van der Waals surface area contributed by atoms with Gasteiger partial charge < -0.3 is 10.5 Å². The summed E-state index contributed by atoms with van der Waals surface area (Å²) in [5, 5.41) is 0. The number of rotatable bonds is 7. The zero-order chi connectivity index (χ0) is 15.1. The predicted octanol–water partition coefficient (Wildman–Crippen LogP) is 4.40. The van der Waals surface area contributed by atoms with Crippen molar-refractivity contribution < 1.29 is 9.53 Å². The van der Waals surface area contributed by atoms with Gasteiger partial charge in [-0.25, -0.2) is 4.79 Å². The number of benzene rings is 1. The van der Waals surface area contributed by atoms with Gasteiger partial charge in [-0.3, -0.25) is 0 Å². The molecule has 0 saturated heterocycles. The number of unbranched alkanes of at least 4 members (excludes halogenated alkanes) is 2. The SMILES string of the molecule is CCCCCC(CC)OC(=O)c1ccc(N)c(C)c1C. The molecule has 0 aliphatic rings. The minimum absolute atomic E-state index is 0.0197. The molecule has 0 heterocycles. The van der Waals surface area contributed by atoms with Gasteiger partial charge in [0, 0.05) is 5.69 Å². The molecule has 1 atom stereocenters. The van der Waals surface area contributed by atoms with Crippen LogP contribution in [0.3, 0.4) is 0 Å². The molecule has 0 aromatic heterocycles. The number of esters is 1. The van der Waals surface area contributed by atoms with E-state index in [4.69, 9.17) is 10.5 Å². The van der Waals surface area contributed by atoms with Gasteiger partial charge in [-0.05, 0) is 56.4 Å². The highest BCUT2D eigenvalue weighted by Gasteiger charge is 2.17. The first-order chi connectivity index (χ1) is 9.51. The van der Waals surface area contributed by atoms with Gasteiger partial charge in [0.2, 0.25) is 0 Å². The van der Waals surface area contributed by atoms with Gasteiger partial charge in [0.15, 0.2) is 0 Å². The molecule has 2 N–H and O–H groups in total. The highest BCUT2D eigenvalue weighted by atomic mass is 16.5. The molecule has 112 valence electrons. The van der Waals surface area contributed by atoms with Crippen LogP contribution in [0.2, 0.25) is 0 Å². The number of nitrogens with two attached hydrogens (primary N) is 1. The second kappa shape index (κ2) is 7.93. The van der Waals surface area contributed by atoms with Crippen LogP contribution in [0.4, 0.5) is 5.69 Å². The Balaban J connectivity index is 2.72. The van der Waals surface area contributed by atoms with Gasteiger partial charge in [0.05, 0.1) is 5.56 Å². The van der Waals surface area contributed by atoms with Crippen molar-refractivity contribution in [3.63, 3.8) is 0 Å². The van der Waals surface area contributed by atoms with Crippen LogP contribution in [0.5, 0.6) is 0 Å². The van der Waals surface area contributed by atoms with Crippen LogP contribution in [0, 0.1) is 13.8 Å². The molecule has 0 radical (unpaired) electrons. The topological polar surface area (TPSA) is 52.3 Å². The van der Waals surface area contributed by atoms with Crippen molar-refractivity contribution in [2.75, 3.05) is 5.73 Å². The fourth-order valence-corrected chi connectivity index (χ4v) is 2.25. The third kappa shape index (κ3) is 4.26. The molecule has 0 aliphatic heterocycles. The van der Waals surface area contributed by atoms with Crippen molar-refractivity contribution in [1.82, 2.24) is 0 Å². The number of carbonyl (C=O) groups excluding carboxylic acids is 1. The van der Waals surface area contributed by atoms with E-state index >= 15 is 0 Å². The largest absolute Gasteiger partial charge is 0.459 e. The minimum Gasteiger partial charge on any atom is -0.459 e. The van der Waals surface area contributed by atoms with Crippen LogP contribution in [0.25, 0.3) is 0 Å². The van der Waals surface area contributed by atoms with Gasteiger partial charge in [0.25, 0.3) is 0 Å². The molecule has 20 heavy (non-hydrogen) atoms. The maximum atomic E-state index is 12.3. The van der Waals surface area contributed by atoms with Gasteiger partial charge in [-0.15, -0.1) is 0 Å². The molecule has 1 unspecified atom stereocenters. The first-order valence-corrected chi connectivity index (χ1v) is 7.57. The Morgan fingerprint density at radius 2 is 1.90 bits per heavy atom. The summed E-state index contributed by atoms with van der Waals surface area (Å²) in [5.74, 6) is -0.228. The Morgan fingerprint density at radius 3 is 2.50 bits per heavy atom. The first kappa shape index (κ1) is 16.5. The summed E-state index contributed by atoms with van der Waals surface area (Å²) in [6.45, 7) is 8.08. The summed E-state index contributed by atoms with van der Waals surface area (Å²) < 4.78 is 5.63. The summed E-state index contributed by atoms with van der Waals surface area (Å²) in [7, 11) is 0. The van der Waals surface area contributed by atoms with Crippen LogP contribution >= 0.6 is 0 Å². The lowest BCUT2D eigenvalue weighted by molar-refractivity contribution is 0.0266. The lowest BCUT2D eigenvalue weighted by Gasteiger charge is -2.17. The Morgan fingerprint density at radius 1 is 1.20 bits per heavy atom. The number of hydrogen-bond donors (Lipinski definition) is 1. The molecule has 3 nitrogen and oxygen atoms in total. The van der Waals surface area contributed by atoms with Gasteiger partial charge >= 0.3 is 5.97 Å². The van der Waals surface area contributed by atoms with Gasteiger partial charge in [0.1, 0.15) is 6.10 Å². The Kier molecular flexibility index (Phi) is 6.56. The Bertz CT molecular complexity index is 455. The molecule has 1 aromatic carbocycles. The van der Waals surface area contributed by atoms with Crippen molar-refractivity contribution >= 4 is 11.7 Å². The van der Waals surface area contributed by atoms with E-state index in [-0.39, 0.29) is 12.1 Å². The maximum Gasteiger partial charge on any atom is 0.338 e. The summed E-state index contributed by atoms with van der Waals surface area (Å²) >= 11 is 0. The quantitative estimate of drug-likeness (QED) is 0.456. The zero-order valence-electron chi connectivity index (χ0n) is 13.2. The molecule has 1 rings (SSSR count). The summed E-state index contributed by atoms with van der Waals surface area (Å²) in [6.07, 6.45) is 5.31. The van der Waals surface area contributed by atoms with Crippen LogP contribution in [0.15, 0.2) is 12.1 Å². The van der Waals surface area contributed by atoms with Crippen molar-refractivity contribution in [3.8, 4) is 0 Å². The van der Waals surface area contributed by atoms with Crippen LogP contribution in [0.1, 0.15) is 67.4 Å². The zero-order valence-corrected chi connectivity index (χ0v) is 13.2. The monoisotopic (exact) mass is 277 g/mol. The van der Waals surface area contributed by atoms with Crippen molar-refractivity contribution in [2.24, 2.45) is 0 Å². The van der Waals surface area contributed by atoms with Gasteiger partial charge in [-0.2, -0.15) is 0 Å². The summed E-state index contributed by atoms with van der Waals surface area (Å²) in [6, 6.07) is 3.54. The van der Waals surface area contributed by atoms with E-state index in [1.807, 2.05) is 13.8 Å². The number of hydrogen-bond acceptors (Lipinski definition) is 3. The standard InChI is InChI=1S/C17H27NO2/c1-5-7-8-9-14(6-2)20-17(19)15-10-11-16(18)13(4)12(15)3/h10-11,14H,5-9,18H2,1-4H3. The van der Waals surface area contributed by atoms with E-state index in [0.717, 1.165) is 30.4 Å². The number of nitrogen functional groups attached to an aromatic ring is 1. The first-order valence-electron chi connectivity index (χ1n) is 7.57. The second-order valence-corrected chi connectivity index (χ2v) is 5.38. The van der Waals surface area contributed by atoms with Crippen molar-refractivity contribution in [2.45, 2.75) is 65.9 Å². The lowest BCUT2D eigenvalue weighted by Crippen LogP contribution is -2.18. The second-order valence-electron chi connectivity index (χ2n) is 5.38. The summed E-state index contributed by atoms with van der Waals surface area (Å²) in [4.78, 5) is 12.3. The number of ether oxygens (including phenoxy) is 1. The Hall–Kier alpha value is -1.51. The third-order valence-corrected chi connectivity index (χ3v) is 3.91. The fraction of sp³-hybridized carbons (Fsp3) is 0.588. The molecule has 1 aromatic rings. The Labute approximate surface area is 122 Å². The van der Waals surface area contributed by atoms with E-state index in [2.05, 4.69) is 13.8 Å². The van der Waals surface area contributed by atoms with E-state index < -0.39 is 0 Å². The van der Waals surface area contributed by atoms with E-state index in [0.29, 0.717) is 11.3 Å². The summed E-state index contributed by atoms with van der Waals surface area (Å²) in [5.41, 5.74) is 9.07. The van der Waals surface area contributed by atoms with Crippen LogP contribution < -0.4 is 5.73 Å². The predicted molar refractivity (Wildman–Crippen MR) is 84.0 cm³/mol. The third-order valence-electron chi connectivity index (χ3n) is 3.91. The molecule has 0 bridgehead atoms. The van der Waals surface area contributed by atoms with Crippen LogP contribution in [-0.2, 0) is 4.74 Å². The molecular weight excluding hydrogens is 250 g/mol. The van der Waals surface area contributed by atoms with E-state index in [1.54, 1.807) is 12.1 Å². The molecule has 0 aliphatic carbocycles.